The number of fused-ring (bicyclic) bond motifs is 1. The molecular weight excluding hydrogens is 180 g/mol. The van der Waals surface area contributed by atoms with Gasteiger partial charge in [0.2, 0.25) is 0 Å². The molecule has 0 aliphatic carbocycles. The summed E-state index contributed by atoms with van der Waals surface area (Å²) in [6, 6.07) is 5.88. The van der Waals surface area contributed by atoms with Gasteiger partial charge in [0, 0.05) is 19.1 Å². The van der Waals surface area contributed by atoms with Crippen molar-refractivity contribution in [2.45, 2.75) is 12.5 Å². The van der Waals surface area contributed by atoms with Gasteiger partial charge in [-0.3, -0.25) is 0 Å². The van der Waals surface area contributed by atoms with Crippen LogP contribution in [0.4, 0.5) is 0 Å². The lowest BCUT2D eigenvalue weighted by molar-refractivity contribution is 0.0623. The van der Waals surface area contributed by atoms with Crippen LogP contribution in [0.2, 0.25) is 0 Å². The van der Waals surface area contributed by atoms with Crippen LogP contribution in [-0.2, 0) is 4.74 Å². The van der Waals surface area contributed by atoms with E-state index in [0.29, 0.717) is 6.61 Å². The first-order valence-electron chi connectivity index (χ1n) is 4.69. The smallest absolute Gasteiger partial charge is 0.166 e. The second kappa shape index (κ2) is 3.88. The molecule has 0 fully saturated rings. The average Bonchev–Trinajstić information content (AvgIpc) is 2.27. The summed E-state index contributed by atoms with van der Waals surface area (Å²) >= 11 is 0. The van der Waals surface area contributed by atoms with E-state index in [9.17, 15) is 0 Å². The molecule has 1 aromatic rings. The zero-order valence-corrected chi connectivity index (χ0v) is 8.45. The highest BCUT2D eigenvalue weighted by Crippen LogP contribution is 2.40. The summed E-state index contributed by atoms with van der Waals surface area (Å²) < 4.78 is 16.2. The molecule has 3 heteroatoms. The summed E-state index contributed by atoms with van der Waals surface area (Å²) in [4.78, 5) is 0. The van der Waals surface area contributed by atoms with Crippen molar-refractivity contribution in [3.63, 3.8) is 0 Å². The van der Waals surface area contributed by atoms with Crippen LogP contribution < -0.4 is 9.47 Å². The number of rotatable bonds is 2. The van der Waals surface area contributed by atoms with E-state index in [0.717, 1.165) is 23.5 Å². The third kappa shape index (κ3) is 1.44. The molecule has 0 saturated heterocycles. The molecule has 76 valence electrons. The second-order valence-electron chi connectivity index (χ2n) is 3.24. The maximum absolute atomic E-state index is 5.57. The van der Waals surface area contributed by atoms with Crippen molar-refractivity contribution < 1.29 is 14.2 Å². The van der Waals surface area contributed by atoms with Gasteiger partial charge in [-0.2, -0.15) is 0 Å². The molecule has 0 radical (unpaired) electrons. The Morgan fingerprint density at radius 1 is 1.36 bits per heavy atom. The standard InChI is InChI=1S/C11H14O3/c1-12-9-6-7-14-11-8(9)4-3-5-10(11)13-2/h3-5,9H,6-7H2,1-2H3. The van der Waals surface area contributed by atoms with Gasteiger partial charge in [0.15, 0.2) is 11.5 Å². The van der Waals surface area contributed by atoms with Gasteiger partial charge < -0.3 is 14.2 Å². The molecule has 0 amide bonds. The minimum atomic E-state index is 0.133. The Kier molecular flexibility index (Phi) is 2.59. The van der Waals surface area contributed by atoms with Crippen molar-refractivity contribution in [2.75, 3.05) is 20.8 Å². The van der Waals surface area contributed by atoms with Crippen molar-refractivity contribution in [2.24, 2.45) is 0 Å². The van der Waals surface area contributed by atoms with Crippen LogP contribution in [0.1, 0.15) is 18.1 Å². The fraction of sp³-hybridized carbons (Fsp3) is 0.455. The lowest BCUT2D eigenvalue weighted by Gasteiger charge is -2.25. The van der Waals surface area contributed by atoms with E-state index in [-0.39, 0.29) is 6.10 Å². The minimum Gasteiger partial charge on any atom is -0.493 e. The minimum absolute atomic E-state index is 0.133. The Labute approximate surface area is 83.6 Å². The highest BCUT2D eigenvalue weighted by molar-refractivity contribution is 5.48. The first-order chi connectivity index (χ1) is 6.86. The molecule has 3 nitrogen and oxygen atoms in total. The number of ether oxygens (including phenoxy) is 3. The van der Waals surface area contributed by atoms with Crippen molar-refractivity contribution in [3.8, 4) is 11.5 Å². The molecule has 1 aromatic carbocycles. The maximum Gasteiger partial charge on any atom is 0.166 e. The predicted molar refractivity (Wildman–Crippen MR) is 52.9 cm³/mol. The Morgan fingerprint density at radius 3 is 2.93 bits per heavy atom. The molecule has 0 spiro atoms. The van der Waals surface area contributed by atoms with Gasteiger partial charge in [0.25, 0.3) is 0 Å². The molecular formula is C11H14O3. The van der Waals surface area contributed by atoms with E-state index in [1.807, 2.05) is 18.2 Å². The number of hydrogen-bond acceptors (Lipinski definition) is 3. The van der Waals surface area contributed by atoms with E-state index in [4.69, 9.17) is 14.2 Å². The van der Waals surface area contributed by atoms with Crippen molar-refractivity contribution in [1.29, 1.82) is 0 Å². The molecule has 0 saturated carbocycles. The number of benzene rings is 1. The zero-order chi connectivity index (χ0) is 9.97. The molecule has 0 aromatic heterocycles. The van der Waals surface area contributed by atoms with Gasteiger partial charge in [-0.15, -0.1) is 0 Å². The largest absolute Gasteiger partial charge is 0.493 e. The summed E-state index contributed by atoms with van der Waals surface area (Å²) in [5, 5.41) is 0. The molecule has 1 aliphatic rings. The Hall–Kier alpha value is -1.22. The van der Waals surface area contributed by atoms with E-state index in [2.05, 4.69) is 0 Å². The third-order valence-corrected chi connectivity index (χ3v) is 2.49. The summed E-state index contributed by atoms with van der Waals surface area (Å²) in [7, 11) is 3.37. The molecule has 14 heavy (non-hydrogen) atoms. The van der Waals surface area contributed by atoms with Gasteiger partial charge in [0.05, 0.1) is 19.8 Å². The van der Waals surface area contributed by atoms with Gasteiger partial charge in [-0.1, -0.05) is 12.1 Å². The maximum atomic E-state index is 5.57. The van der Waals surface area contributed by atoms with Crippen LogP contribution in [0, 0.1) is 0 Å². The van der Waals surface area contributed by atoms with E-state index in [1.165, 1.54) is 0 Å². The lowest BCUT2D eigenvalue weighted by atomic mass is 10.0. The van der Waals surface area contributed by atoms with Crippen molar-refractivity contribution >= 4 is 0 Å². The Balaban J connectivity index is 2.43. The van der Waals surface area contributed by atoms with Crippen LogP contribution in [0.15, 0.2) is 18.2 Å². The third-order valence-electron chi connectivity index (χ3n) is 2.49. The van der Waals surface area contributed by atoms with Crippen LogP contribution in [0.5, 0.6) is 11.5 Å². The summed E-state index contributed by atoms with van der Waals surface area (Å²) in [6.45, 7) is 0.686. The number of para-hydroxylation sites is 1. The van der Waals surface area contributed by atoms with Gasteiger partial charge in [0.1, 0.15) is 0 Å². The normalized spacial score (nSPS) is 19.7. The highest BCUT2D eigenvalue weighted by atomic mass is 16.5. The SMILES string of the molecule is COc1cccc2c1OCCC2OC. The highest BCUT2D eigenvalue weighted by Gasteiger charge is 2.23. The zero-order valence-electron chi connectivity index (χ0n) is 8.45. The Bertz CT molecular complexity index is 322. The van der Waals surface area contributed by atoms with Crippen LogP contribution in [0.3, 0.4) is 0 Å². The molecule has 1 heterocycles. The predicted octanol–water partition coefficient (Wildman–Crippen LogP) is 2.17. The van der Waals surface area contributed by atoms with Gasteiger partial charge in [-0.05, 0) is 6.07 Å². The molecule has 1 aliphatic heterocycles. The fourth-order valence-electron chi connectivity index (χ4n) is 1.77. The van der Waals surface area contributed by atoms with E-state index >= 15 is 0 Å². The van der Waals surface area contributed by atoms with E-state index in [1.54, 1.807) is 14.2 Å². The number of hydrogen-bond donors (Lipinski definition) is 0. The summed E-state index contributed by atoms with van der Waals surface area (Å²) in [5.74, 6) is 1.61. The molecule has 1 unspecified atom stereocenters. The van der Waals surface area contributed by atoms with Crippen molar-refractivity contribution in [3.05, 3.63) is 23.8 Å². The van der Waals surface area contributed by atoms with Crippen LogP contribution in [0.25, 0.3) is 0 Å². The van der Waals surface area contributed by atoms with Gasteiger partial charge in [-0.25, -0.2) is 0 Å². The Morgan fingerprint density at radius 2 is 2.21 bits per heavy atom. The van der Waals surface area contributed by atoms with Crippen LogP contribution >= 0.6 is 0 Å². The van der Waals surface area contributed by atoms with Crippen molar-refractivity contribution in [1.82, 2.24) is 0 Å². The van der Waals surface area contributed by atoms with E-state index < -0.39 is 0 Å². The van der Waals surface area contributed by atoms with Crippen LogP contribution in [-0.4, -0.2) is 20.8 Å². The fourth-order valence-corrected chi connectivity index (χ4v) is 1.77. The molecule has 0 N–H and O–H groups in total. The molecule has 1 atom stereocenters. The second-order valence-corrected chi connectivity index (χ2v) is 3.24. The monoisotopic (exact) mass is 194 g/mol. The topological polar surface area (TPSA) is 27.7 Å². The molecule has 2 rings (SSSR count). The summed E-state index contributed by atoms with van der Waals surface area (Å²) in [6.07, 6.45) is 1.03. The first-order valence-corrected chi connectivity index (χ1v) is 4.69. The number of methoxy groups -OCH3 is 2. The van der Waals surface area contributed by atoms with Gasteiger partial charge >= 0.3 is 0 Å². The summed E-state index contributed by atoms with van der Waals surface area (Å²) in [5.41, 5.74) is 1.08. The quantitative estimate of drug-likeness (QED) is 0.722. The first kappa shape index (κ1) is 9.34. The average molecular weight is 194 g/mol. The molecule has 0 bridgehead atoms. The lowest BCUT2D eigenvalue weighted by Crippen LogP contribution is -2.16.